The summed E-state index contributed by atoms with van der Waals surface area (Å²) in [4.78, 5) is 26.5. The largest absolute Gasteiger partial charge is 0.495 e. The van der Waals surface area contributed by atoms with Gasteiger partial charge >= 0.3 is 0 Å². The van der Waals surface area contributed by atoms with Crippen molar-refractivity contribution < 1.29 is 14.3 Å². The van der Waals surface area contributed by atoms with Gasteiger partial charge in [0.05, 0.1) is 28.4 Å². The zero-order chi connectivity index (χ0) is 18.7. The highest BCUT2D eigenvalue weighted by Crippen LogP contribution is 2.34. The molecule has 5 nitrogen and oxygen atoms in total. The van der Waals surface area contributed by atoms with Crippen LogP contribution in [-0.2, 0) is 4.79 Å². The molecule has 2 amide bonds. The normalized spacial score (nSPS) is 14.3. The molecule has 1 heterocycles. The van der Waals surface area contributed by atoms with Crippen molar-refractivity contribution in [2.75, 3.05) is 23.9 Å². The molecule has 26 heavy (non-hydrogen) atoms. The Bertz CT molecular complexity index is 855. The molecule has 136 valence electrons. The zero-order valence-electron chi connectivity index (χ0n) is 14.2. The predicted molar refractivity (Wildman–Crippen MR) is 104 cm³/mol. The molecule has 2 aromatic carbocycles. The molecule has 2 aromatic rings. The number of piperidine rings is 1. The molecule has 0 radical (unpaired) electrons. The fraction of sp³-hybridized carbons (Fsp3) is 0.263. The van der Waals surface area contributed by atoms with Crippen LogP contribution in [0.3, 0.4) is 0 Å². The van der Waals surface area contributed by atoms with E-state index >= 15 is 0 Å². The van der Waals surface area contributed by atoms with Crippen molar-refractivity contribution in [3.05, 3.63) is 52.0 Å². The minimum atomic E-state index is -0.376. The van der Waals surface area contributed by atoms with E-state index in [0.29, 0.717) is 35.1 Å². The first-order valence-electron chi connectivity index (χ1n) is 8.25. The van der Waals surface area contributed by atoms with Gasteiger partial charge in [0.2, 0.25) is 5.91 Å². The van der Waals surface area contributed by atoms with E-state index in [4.69, 9.17) is 27.9 Å². The number of carbonyl (C=O) groups excluding carboxylic acids is 2. The van der Waals surface area contributed by atoms with Crippen molar-refractivity contribution in [3.63, 3.8) is 0 Å². The maximum atomic E-state index is 12.5. The van der Waals surface area contributed by atoms with Crippen molar-refractivity contribution in [1.82, 2.24) is 0 Å². The summed E-state index contributed by atoms with van der Waals surface area (Å²) in [7, 11) is 1.55. The van der Waals surface area contributed by atoms with Gasteiger partial charge in [-0.1, -0.05) is 29.3 Å². The number of methoxy groups -OCH3 is 1. The second-order valence-electron chi connectivity index (χ2n) is 5.94. The number of nitrogens with one attached hydrogen (secondary N) is 1. The smallest absolute Gasteiger partial charge is 0.257 e. The Morgan fingerprint density at radius 2 is 2.00 bits per heavy atom. The van der Waals surface area contributed by atoms with E-state index in [0.717, 1.165) is 12.8 Å². The lowest BCUT2D eigenvalue weighted by molar-refractivity contribution is -0.119. The fourth-order valence-electron chi connectivity index (χ4n) is 2.92. The summed E-state index contributed by atoms with van der Waals surface area (Å²) in [6, 6.07) is 10.1. The quantitative estimate of drug-likeness (QED) is 0.814. The summed E-state index contributed by atoms with van der Waals surface area (Å²) >= 11 is 12.1. The average molecular weight is 393 g/mol. The average Bonchev–Trinajstić information content (AvgIpc) is 2.64. The van der Waals surface area contributed by atoms with Crippen LogP contribution in [0.2, 0.25) is 10.0 Å². The molecule has 0 unspecified atom stereocenters. The van der Waals surface area contributed by atoms with E-state index in [1.165, 1.54) is 0 Å². The van der Waals surface area contributed by atoms with E-state index in [1.807, 2.05) is 0 Å². The Balaban J connectivity index is 1.89. The van der Waals surface area contributed by atoms with Crippen LogP contribution < -0.4 is 15.0 Å². The molecule has 0 spiro atoms. The van der Waals surface area contributed by atoms with E-state index < -0.39 is 0 Å². The molecule has 1 fully saturated rings. The summed E-state index contributed by atoms with van der Waals surface area (Å²) in [5.74, 6) is 0.258. The molecule has 0 aromatic heterocycles. The third-order valence-corrected chi connectivity index (χ3v) is 5.07. The van der Waals surface area contributed by atoms with Gasteiger partial charge in [0.25, 0.3) is 5.91 Å². The van der Waals surface area contributed by atoms with E-state index in [1.54, 1.807) is 48.4 Å². The number of hydrogen-bond donors (Lipinski definition) is 1. The van der Waals surface area contributed by atoms with Crippen LogP contribution in [0.1, 0.15) is 29.6 Å². The van der Waals surface area contributed by atoms with Crippen LogP contribution in [0.25, 0.3) is 0 Å². The first kappa shape index (κ1) is 18.5. The first-order chi connectivity index (χ1) is 12.5. The number of benzene rings is 2. The van der Waals surface area contributed by atoms with Gasteiger partial charge in [-0.05, 0) is 43.2 Å². The summed E-state index contributed by atoms with van der Waals surface area (Å²) in [5, 5.41) is 3.31. The maximum absolute atomic E-state index is 12.5. The number of ether oxygens (including phenoxy) is 1. The van der Waals surface area contributed by atoms with Crippen molar-refractivity contribution in [2.24, 2.45) is 0 Å². The Hall–Kier alpha value is -2.24. The number of anilines is 2. The summed E-state index contributed by atoms with van der Waals surface area (Å²) in [6.45, 7) is 0.632. The number of nitrogens with zero attached hydrogens (tertiary/aromatic N) is 1. The zero-order valence-corrected chi connectivity index (χ0v) is 15.7. The second kappa shape index (κ2) is 7.98. The minimum absolute atomic E-state index is 0.0518. The number of amides is 2. The molecular weight excluding hydrogens is 375 g/mol. The van der Waals surface area contributed by atoms with Crippen LogP contribution >= 0.6 is 23.2 Å². The SMILES string of the molecule is COc1ccc(NC(=O)c2cccc(Cl)c2Cl)cc1N1CCCCC1=O. The third-order valence-electron chi connectivity index (χ3n) is 4.25. The number of carbonyl (C=O) groups is 2. The monoisotopic (exact) mass is 392 g/mol. The molecule has 0 aliphatic carbocycles. The molecule has 1 aliphatic heterocycles. The second-order valence-corrected chi connectivity index (χ2v) is 6.73. The lowest BCUT2D eigenvalue weighted by Crippen LogP contribution is -2.35. The molecule has 1 aliphatic rings. The topological polar surface area (TPSA) is 58.6 Å². The highest BCUT2D eigenvalue weighted by atomic mass is 35.5. The van der Waals surface area contributed by atoms with Gasteiger partial charge in [-0.15, -0.1) is 0 Å². The van der Waals surface area contributed by atoms with Crippen molar-refractivity contribution in [1.29, 1.82) is 0 Å². The molecule has 0 bridgehead atoms. The van der Waals surface area contributed by atoms with Gasteiger partial charge in [0, 0.05) is 18.7 Å². The van der Waals surface area contributed by atoms with E-state index in [2.05, 4.69) is 5.32 Å². The van der Waals surface area contributed by atoms with Gasteiger partial charge in [-0.25, -0.2) is 0 Å². The van der Waals surface area contributed by atoms with Crippen molar-refractivity contribution >= 4 is 46.4 Å². The Kier molecular flexibility index (Phi) is 5.69. The predicted octanol–water partition coefficient (Wildman–Crippen LogP) is 4.77. The van der Waals surface area contributed by atoms with E-state index in [9.17, 15) is 9.59 Å². The Morgan fingerprint density at radius 1 is 1.19 bits per heavy atom. The summed E-state index contributed by atoms with van der Waals surface area (Å²) < 4.78 is 5.38. The molecule has 3 rings (SSSR count). The molecule has 1 saturated heterocycles. The molecule has 7 heteroatoms. The van der Waals surface area contributed by atoms with Gasteiger partial charge in [-0.3, -0.25) is 9.59 Å². The van der Waals surface area contributed by atoms with Gasteiger partial charge in [-0.2, -0.15) is 0 Å². The molecular formula is C19H18Cl2N2O3. The minimum Gasteiger partial charge on any atom is -0.495 e. The standard InChI is InChI=1S/C19H18Cl2N2O3/c1-26-16-9-8-12(11-15(16)23-10-3-2-7-17(23)24)22-19(25)13-5-4-6-14(20)18(13)21/h4-6,8-9,11H,2-3,7,10H2,1H3,(H,22,25). The van der Waals surface area contributed by atoms with Crippen LogP contribution in [-0.4, -0.2) is 25.5 Å². The molecule has 0 atom stereocenters. The van der Waals surface area contributed by atoms with Crippen LogP contribution in [0.5, 0.6) is 5.75 Å². The number of halogens is 2. The summed E-state index contributed by atoms with van der Waals surface area (Å²) in [5.41, 5.74) is 1.47. The highest BCUT2D eigenvalue weighted by molar-refractivity contribution is 6.44. The van der Waals surface area contributed by atoms with Crippen LogP contribution in [0.4, 0.5) is 11.4 Å². The lowest BCUT2D eigenvalue weighted by Gasteiger charge is -2.28. The lowest BCUT2D eigenvalue weighted by atomic mass is 10.1. The Labute approximate surface area is 161 Å². The van der Waals surface area contributed by atoms with Crippen LogP contribution in [0.15, 0.2) is 36.4 Å². The number of hydrogen-bond acceptors (Lipinski definition) is 3. The first-order valence-corrected chi connectivity index (χ1v) is 9.00. The summed E-state index contributed by atoms with van der Waals surface area (Å²) in [6.07, 6.45) is 2.34. The van der Waals surface area contributed by atoms with Gasteiger partial charge in [0.1, 0.15) is 5.75 Å². The Morgan fingerprint density at radius 3 is 2.73 bits per heavy atom. The molecule has 1 N–H and O–H groups in total. The maximum Gasteiger partial charge on any atom is 0.257 e. The third kappa shape index (κ3) is 3.79. The number of rotatable bonds is 4. The highest BCUT2D eigenvalue weighted by Gasteiger charge is 2.23. The van der Waals surface area contributed by atoms with Crippen LogP contribution in [0, 0.1) is 0 Å². The van der Waals surface area contributed by atoms with E-state index in [-0.39, 0.29) is 22.4 Å². The van der Waals surface area contributed by atoms with Crippen molar-refractivity contribution in [3.8, 4) is 5.75 Å². The molecule has 0 saturated carbocycles. The van der Waals surface area contributed by atoms with Gasteiger partial charge < -0.3 is 15.0 Å². The fourth-order valence-corrected chi connectivity index (χ4v) is 3.30. The van der Waals surface area contributed by atoms with Crippen molar-refractivity contribution in [2.45, 2.75) is 19.3 Å². The van der Waals surface area contributed by atoms with Gasteiger partial charge in [0.15, 0.2) is 0 Å².